The molecule has 0 unspecified atom stereocenters. The minimum absolute atomic E-state index is 0.0153. The molecule has 1 heterocycles. The molecule has 2 N–H and O–H groups in total. The summed E-state index contributed by atoms with van der Waals surface area (Å²) in [7, 11) is 0. The van der Waals surface area contributed by atoms with Crippen molar-refractivity contribution in [1.82, 2.24) is 5.32 Å². The molecule has 1 amide bonds. The van der Waals surface area contributed by atoms with Crippen molar-refractivity contribution in [3.8, 4) is 11.8 Å². The zero-order valence-electron chi connectivity index (χ0n) is 16.3. The highest BCUT2D eigenvalue weighted by atomic mass is 16.3. The second-order valence-corrected chi connectivity index (χ2v) is 8.89. The zero-order chi connectivity index (χ0) is 19.1. The minimum Gasteiger partial charge on any atom is -0.374 e. The highest BCUT2D eigenvalue weighted by molar-refractivity contribution is 5.90. The number of carbonyl (C=O) groups excluding carboxylic acids is 1. The SMILES string of the molecule is CC1CCC2(CC1)C(=O)N[C@@]1(C=C[C@@H](C)CC1)[C@]2(O)C#Cc1ccccc1. The van der Waals surface area contributed by atoms with Crippen molar-refractivity contribution in [1.29, 1.82) is 0 Å². The Morgan fingerprint density at radius 3 is 2.41 bits per heavy atom. The van der Waals surface area contributed by atoms with Crippen LogP contribution in [0.2, 0.25) is 0 Å². The Morgan fingerprint density at radius 1 is 1.07 bits per heavy atom. The fraction of sp³-hybridized carbons (Fsp3) is 0.542. The topological polar surface area (TPSA) is 49.3 Å². The van der Waals surface area contributed by atoms with Crippen LogP contribution in [-0.4, -0.2) is 22.2 Å². The molecular formula is C24H29NO2. The quantitative estimate of drug-likeness (QED) is 0.544. The summed E-state index contributed by atoms with van der Waals surface area (Å²) < 4.78 is 0. The van der Waals surface area contributed by atoms with E-state index in [9.17, 15) is 9.90 Å². The summed E-state index contributed by atoms with van der Waals surface area (Å²) in [5.41, 5.74) is -2.11. The first-order valence-electron chi connectivity index (χ1n) is 10.2. The summed E-state index contributed by atoms with van der Waals surface area (Å²) >= 11 is 0. The van der Waals surface area contributed by atoms with Gasteiger partial charge in [-0.3, -0.25) is 4.79 Å². The van der Waals surface area contributed by atoms with Gasteiger partial charge in [0.1, 0.15) is 0 Å². The van der Waals surface area contributed by atoms with Gasteiger partial charge in [0.05, 0.1) is 11.0 Å². The normalized spacial score (nSPS) is 40.6. The molecule has 1 aromatic carbocycles. The monoisotopic (exact) mass is 363 g/mol. The first kappa shape index (κ1) is 18.3. The molecule has 1 saturated heterocycles. The Kier molecular flexibility index (Phi) is 4.43. The summed E-state index contributed by atoms with van der Waals surface area (Å²) in [4.78, 5) is 13.3. The van der Waals surface area contributed by atoms with Crippen molar-refractivity contribution in [2.45, 2.75) is 63.5 Å². The molecular weight excluding hydrogens is 334 g/mol. The number of aliphatic hydroxyl groups is 1. The van der Waals surface area contributed by atoms with Gasteiger partial charge in [-0.2, -0.15) is 0 Å². The van der Waals surface area contributed by atoms with Gasteiger partial charge >= 0.3 is 0 Å². The molecule has 3 nitrogen and oxygen atoms in total. The van der Waals surface area contributed by atoms with Gasteiger partial charge in [0.15, 0.2) is 5.60 Å². The number of hydrogen-bond acceptors (Lipinski definition) is 2. The molecule has 142 valence electrons. The Labute approximate surface area is 162 Å². The molecule has 0 aromatic heterocycles. The standard InChI is InChI=1S/C24H29NO2/c1-18-8-13-22(14-9-18)21(26)25-23(15-10-19(2)11-16-23)24(22,27)17-12-20-6-4-3-5-7-20/h3-7,10,15,18-19,27H,8-9,11,13-14,16H2,1-2H3,(H,25,26)/t18?,19-,22?,23-,24+/m1/s1. The predicted octanol–water partition coefficient (Wildman–Crippen LogP) is 3.82. The van der Waals surface area contributed by atoms with Crippen LogP contribution in [0.4, 0.5) is 0 Å². The molecule has 2 spiro atoms. The van der Waals surface area contributed by atoms with Gasteiger partial charge in [-0.05, 0) is 62.5 Å². The lowest BCUT2D eigenvalue weighted by molar-refractivity contribution is -0.138. The Morgan fingerprint density at radius 2 is 1.78 bits per heavy atom. The van der Waals surface area contributed by atoms with Gasteiger partial charge in [-0.25, -0.2) is 0 Å². The largest absolute Gasteiger partial charge is 0.374 e. The molecule has 3 aliphatic rings. The van der Waals surface area contributed by atoms with E-state index in [1.54, 1.807) is 0 Å². The van der Waals surface area contributed by atoms with E-state index < -0.39 is 16.6 Å². The van der Waals surface area contributed by atoms with Crippen LogP contribution in [0.1, 0.15) is 57.9 Å². The van der Waals surface area contributed by atoms with E-state index >= 15 is 0 Å². The molecule has 2 aliphatic carbocycles. The van der Waals surface area contributed by atoms with Gasteiger partial charge in [-0.15, -0.1) is 0 Å². The number of benzene rings is 1. The molecule has 4 rings (SSSR count). The Hall–Kier alpha value is -2.05. The minimum atomic E-state index is -1.39. The van der Waals surface area contributed by atoms with Gasteiger partial charge in [0.25, 0.3) is 0 Å². The average Bonchev–Trinajstić information content (AvgIpc) is 2.85. The van der Waals surface area contributed by atoms with E-state index in [0.29, 0.717) is 24.7 Å². The summed E-state index contributed by atoms with van der Waals surface area (Å²) in [6.45, 7) is 4.40. The van der Waals surface area contributed by atoms with Crippen molar-refractivity contribution < 1.29 is 9.90 Å². The van der Waals surface area contributed by atoms with E-state index in [1.165, 1.54) is 0 Å². The number of rotatable bonds is 0. The maximum atomic E-state index is 13.3. The first-order valence-corrected chi connectivity index (χ1v) is 10.2. The maximum Gasteiger partial charge on any atom is 0.231 e. The van der Waals surface area contributed by atoms with Crippen molar-refractivity contribution in [3.63, 3.8) is 0 Å². The number of carbonyl (C=O) groups is 1. The molecule has 0 radical (unpaired) electrons. The summed E-state index contributed by atoms with van der Waals surface area (Å²) in [6, 6.07) is 9.74. The molecule has 1 aliphatic heterocycles. The van der Waals surface area contributed by atoms with Crippen LogP contribution < -0.4 is 5.32 Å². The van der Waals surface area contributed by atoms with E-state index in [0.717, 1.165) is 31.2 Å². The Balaban J connectivity index is 1.83. The van der Waals surface area contributed by atoms with Gasteiger partial charge in [0.2, 0.25) is 5.91 Å². The average molecular weight is 364 g/mol. The van der Waals surface area contributed by atoms with Gasteiger partial charge in [-0.1, -0.05) is 56.0 Å². The highest BCUT2D eigenvalue weighted by Crippen LogP contribution is 2.57. The second-order valence-electron chi connectivity index (χ2n) is 8.89. The zero-order valence-corrected chi connectivity index (χ0v) is 16.3. The number of hydrogen-bond donors (Lipinski definition) is 2. The predicted molar refractivity (Wildman–Crippen MR) is 107 cm³/mol. The molecule has 0 bridgehead atoms. The summed E-state index contributed by atoms with van der Waals surface area (Å²) in [5, 5.41) is 15.4. The van der Waals surface area contributed by atoms with Crippen molar-refractivity contribution in [3.05, 3.63) is 48.0 Å². The third kappa shape index (κ3) is 2.74. The molecule has 1 aromatic rings. The molecule has 3 atom stereocenters. The first-order chi connectivity index (χ1) is 12.9. The fourth-order valence-corrected chi connectivity index (χ4v) is 5.13. The lowest BCUT2D eigenvalue weighted by atomic mass is 9.57. The van der Waals surface area contributed by atoms with Crippen LogP contribution >= 0.6 is 0 Å². The Bertz CT molecular complexity index is 810. The summed E-state index contributed by atoms with van der Waals surface area (Å²) in [6.07, 6.45) is 9.15. The van der Waals surface area contributed by atoms with E-state index in [4.69, 9.17) is 0 Å². The van der Waals surface area contributed by atoms with Crippen LogP contribution in [0.15, 0.2) is 42.5 Å². The number of amides is 1. The maximum absolute atomic E-state index is 13.3. The van der Waals surface area contributed by atoms with Crippen molar-refractivity contribution in [2.24, 2.45) is 17.3 Å². The van der Waals surface area contributed by atoms with Crippen LogP contribution in [-0.2, 0) is 4.79 Å². The van der Waals surface area contributed by atoms with E-state index in [2.05, 4.69) is 37.1 Å². The molecule has 3 heteroatoms. The highest BCUT2D eigenvalue weighted by Gasteiger charge is 2.71. The number of allylic oxidation sites excluding steroid dienone is 1. The van der Waals surface area contributed by atoms with Crippen molar-refractivity contribution >= 4 is 5.91 Å². The molecule has 27 heavy (non-hydrogen) atoms. The third-order valence-electron chi connectivity index (χ3n) is 7.10. The number of nitrogens with one attached hydrogen (secondary N) is 1. The third-order valence-corrected chi connectivity index (χ3v) is 7.10. The summed E-state index contributed by atoms with van der Waals surface area (Å²) in [5.74, 6) is 7.45. The van der Waals surface area contributed by atoms with Crippen LogP contribution in [0.5, 0.6) is 0 Å². The smallest absolute Gasteiger partial charge is 0.231 e. The molecule has 1 saturated carbocycles. The second kappa shape index (κ2) is 6.53. The van der Waals surface area contributed by atoms with Crippen LogP contribution in [0.25, 0.3) is 0 Å². The van der Waals surface area contributed by atoms with Gasteiger partial charge < -0.3 is 10.4 Å². The van der Waals surface area contributed by atoms with Crippen LogP contribution in [0, 0.1) is 29.1 Å². The lowest BCUT2D eigenvalue weighted by Gasteiger charge is -2.47. The van der Waals surface area contributed by atoms with Crippen molar-refractivity contribution in [2.75, 3.05) is 0 Å². The van der Waals surface area contributed by atoms with Gasteiger partial charge in [0, 0.05) is 5.56 Å². The van der Waals surface area contributed by atoms with Crippen LogP contribution in [0.3, 0.4) is 0 Å². The lowest BCUT2D eigenvalue weighted by Crippen LogP contribution is -2.61. The fourth-order valence-electron chi connectivity index (χ4n) is 5.13. The van der Waals surface area contributed by atoms with E-state index in [-0.39, 0.29) is 5.91 Å². The van der Waals surface area contributed by atoms with E-state index in [1.807, 2.05) is 36.4 Å². The molecule has 2 fully saturated rings.